The number of carbonyl (C=O) groups excluding carboxylic acids is 3. The number of ether oxygens (including phenoxy) is 2. The zero-order valence-electron chi connectivity index (χ0n) is 22.1. The van der Waals surface area contributed by atoms with Crippen molar-refractivity contribution in [1.29, 1.82) is 0 Å². The molecule has 2 amide bonds. The van der Waals surface area contributed by atoms with E-state index in [0.29, 0.717) is 31.2 Å². The van der Waals surface area contributed by atoms with Gasteiger partial charge in [-0.25, -0.2) is 14.8 Å². The van der Waals surface area contributed by atoms with Crippen molar-refractivity contribution in [3.8, 4) is 17.1 Å². The fraction of sp³-hybridized carbons (Fsp3) is 0.345. The van der Waals surface area contributed by atoms with Crippen LogP contribution >= 0.6 is 0 Å². The molecule has 1 fully saturated rings. The molecule has 0 bridgehead atoms. The quantitative estimate of drug-likeness (QED) is 0.443. The molecule has 0 N–H and O–H groups in total. The van der Waals surface area contributed by atoms with E-state index in [9.17, 15) is 14.4 Å². The maximum atomic E-state index is 13.8. The fourth-order valence-corrected chi connectivity index (χ4v) is 4.57. The summed E-state index contributed by atoms with van der Waals surface area (Å²) in [6, 6.07) is 16.5. The Morgan fingerprint density at radius 3 is 2.34 bits per heavy atom. The van der Waals surface area contributed by atoms with Crippen molar-refractivity contribution in [3.05, 3.63) is 77.1 Å². The number of benzene rings is 2. The van der Waals surface area contributed by atoms with Gasteiger partial charge in [-0.1, -0.05) is 42.5 Å². The average Bonchev–Trinajstić information content (AvgIpc) is 2.93. The van der Waals surface area contributed by atoms with Crippen molar-refractivity contribution < 1.29 is 23.9 Å². The number of piperazine rings is 1. The molecule has 3 aromatic rings. The first-order chi connectivity index (χ1) is 18.3. The van der Waals surface area contributed by atoms with Crippen LogP contribution in [0.1, 0.15) is 46.0 Å². The molecule has 2 heterocycles. The number of rotatable bonds is 7. The van der Waals surface area contributed by atoms with Crippen molar-refractivity contribution in [3.63, 3.8) is 0 Å². The predicted octanol–water partition coefficient (Wildman–Crippen LogP) is 3.55. The molecule has 0 spiro atoms. The van der Waals surface area contributed by atoms with Crippen LogP contribution < -0.4 is 4.74 Å². The Kier molecular flexibility index (Phi) is 8.35. The van der Waals surface area contributed by atoms with Gasteiger partial charge in [0.1, 0.15) is 17.0 Å². The topological polar surface area (TPSA) is 102 Å². The Morgan fingerprint density at radius 1 is 1.00 bits per heavy atom. The van der Waals surface area contributed by atoms with E-state index in [-0.39, 0.29) is 42.1 Å². The van der Waals surface area contributed by atoms with Gasteiger partial charge in [0.05, 0.1) is 25.8 Å². The Morgan fingerprint density at radius 2 is 1.71 bits per heavy atom. The second kappa shape index (κ2) is 11.9. The minimum absolute atomic E-state index is 0.00813. The molecule has 1 aromatic heterocycles. The highest BCUT2D eigenvalue weighted by atomic mass is 16.5. The van der Waals surface area contributed by atoms with Gasteiger partial charge in [0, 0.05) is 31.2 Å². The summed E-state index contributed by atoms with van der Waals surface area (Å²) in [4.78, 5) is 52.1. The SMILES string of the molecule is CCOC(=O)c1c(C)nc(-c2ccccc2)nc1C(=O)N1CCN(C(=O)Cc2ccc(OC)cc2)C(C)C1. The highest BCUT2D eigenvalue weighted by Crippen LogP contribution is 2.23. The van der Waals surface area contributed by atoms with Crippen molar-refractivity contribution in [1.82, 2.24) is 19.8 Å². The van der Waals surface area contributed by atoms with Gasteiger partial charge in [-0.3, -0.25) is 9.59 Å². The molecule has 0 aliphatic carbocycles. The maximum Gasteiger partial charge on any atom is 0.342 e. The summed E-state index contributed by atoms with van der Waals surface area (Å²) in [6.45, 7) is 6.48. The smallest absolute Gasteiger partial charge is 0.342 e. The Hall–Kier alpha value is -4.27. The summed E-state index contributed by atoms with van der Waals surface area (Å²) in [6.07, 6.45) is 0.265. The Balaban J connectivity index is 1.55. The van der Waals surface area contributed by atoms with E-state index in [0.717, 1.165) is 16.9 Å². The molecule has 1 saturated heterocycles. The van der Waals surface area contributed by atoms with Crippen molar-refractivity contribution in [2.75, 3.05) is 33.4 Å². The number of hydrogen-bond donors (Lipinski definition) is 0. The number of carbonyl (C=O) groups is 3. The van der Waals surface area contributed by atoms with E-state index in [1.807, 2.05) is 61.5 Å². The summed E-state index contributed by atoms with van der Waals surface area (Å²) in [7, 11) is 1.60. The van der Waals surface area contributed by atoms with Crippen LogP contribution in [-0.4, -0.2) is 76.9 Å². The molecule has 4 rings (SSSR count). The van der Waals surface area contributed by atoms with Gasteiger partial charge in [0.15, 0.2) is 5.82 Å². The number of aryl methyl sites for hydroxylation is 1. The largest absolute Gasteiger partial charge is 0.497 e. The van der Waals surface area contributed by atoms with E-state index in [1.54, 1.807) is 30.8 Å². The molecule has 1 aliphatic rings. The lowest BCUT2D eigenvalue weighted by Gasteiger charge is -2.40. The fourth-order valence-electron chi connectivity index (χ4n) is 4.57. The zero-order chi connectivity index (χ0) is 27.2. The molecule has 1 atom stereocenters. The van der Waals surface area contributed by atoms with Gasteiger partial charge in [0.2, 0.25) is 5.91 Å². The summed E-state index contributed by atoms with van der Waals surface area (Å²) in [5, 5.41) is 0. The molecule has 1 unspecified atom stereocenters. The van der Waals surface area contributed by atoms with E-state index >= 15 is 0 Å². The number of amides is 2. The lowest BCUT2D eigenvalue weighted by molar-refractivity contribution is -0.134. The first-order valence-electron chi connectivity index (χ1n) is 12.6. The van der Waals surface area contributed by atoms with Crippen molar-refractivity contribution in [2.24, 2.45) is 0 Å². The highest BCUT2D eigenvalue weighted by molar-refractivity contribution is 6.05. The van der Waals surface area contributed by atoms with Gasteiger partial charge in [-0.2, -0.15) is 0 Å². The van der Waals surface area contributed by atoms with Crippen LogP contribution in [0.3, 0.4) is 0 Å². The van der Waals surface area contributed by atoms with Crippen LogP contribution in [0, 0.1) is 6.92 Å². The third kappa shape index (κ3) is 5.82. The van der Waals surface area contributed by atoms with Gasteiger partial charge < -0.3 is 19.3 Å². The third-order valence-electron chi connectivity index (χ3n) is 6.55. The lowest BCUT2D eigenvalue weighted by atomic mass is 10.1. The van der Waals surface area contributed by atoms with Crippen LogP contribution in [0.2, 0.25) is 0 Å². The standard InChI is InChI=1S/C29H32N4O5/c1-5-38-29(36)25-20(3)30-27(22-9-7-6-8-10-22)31-26(25)28(35)32-15-16-33(19(2)18-32)24(34)17-21-11-13-23(37-4)14-12-21/h6-14,19H,5,15-18H2,1-4H3. The molecule has 0 radical (unpaired) electrons. The number of hydrogen-bond acceptors (Lipinski definition) is 7. The van der Waals surface area contributed by atoms with E-state index in [4.69, 9.17) is 9.47 Å². The minimum Gasteiger partial charge on any atom is -0.497 e. The molecule has 2 aromatic carbocycles. The predicted molar refractivity (Wildman–Crippen MR) is 142 cm³/mol. The van der Waals surface area contributed by atoms with Gasteiger partial charge in [0.25, 0.3) is 5.91 Å². The molecule has 198 valence electrons. The zero-order valence-corrected chi connectivity index (χ0v) is 22.1. The second-order valence-corrected chi connectivity index (χ2v) is 9.15. The summed E-state index contributed by atoms with van der Waals surface area (Å²) in [5.41, 5.74) is 2.09. The second-order valence-electron chi connectivity index (χ2n) is 9.15. The molecule has 1 aliphatic heterocycles. The maximum absolute atomic E-state index is 13.8. The van der Waals surface area contributed by atoms with E-state index in [1.165, 1.54) is 0 Å². The summed E-state index contributed by atoms with van der Waals surface area (Å²) >= 11 is 0. The molecule has 0 saturated carbocycles. The lowest BCUT2D eigenvalue weighted by Crippen LogP contribution is -2.56. The van der Waals surface area contributed by atoms with Gasteiger partial charge in [-0.05, 0) is 38.5 Å². The van der Waals surface area contributed by atoms with Crippen LogP contribution in [-0.2, 0) is 16.0 Å². The molecule has 9 nitrogen and oxygen atoms in total. The summed E-state index contributed by atoms with van der Waals surface area (Å²) < 4.78 is 10.4. The highest BCUT2D eigenvalue weighted by Gasteiger charge is 2.34. The van der Waals surface area contributed by atoms with Crippen LogP contribution in [0.15, 0.2) is 54.6 Å². The minimum atomic E-state index is -0.630. The Bertz CT molecular complexity index is 1310. The number of aromatic nitrogens is 2. The van der Waals surface area contributed by atoms with Crippen LogP contribution in [0.25, 0.3) is 11.4 Å². The molecular weight excluding hydrogens is 484 g/mol. The van der Waals surface area contributed by atoms with Gasteiger partial charge >= 0.3 is 5.97 Å². The Labute approximate surface area is 222 Å². The normalized spacial score (nSPS) is 15.2. The van der Waals surface area contributed by atoms with Crippen molar-refractivity contribution >= 4 is 17.8 Å². The first-order valence-corrected chi connectivity index (χ1v) is 12.6. The van der Waals surface area contributed by atoms with Gasteiger partial charge in [-0.15, -0.1) is 0 Å². The molecule has 38 heavy (non-hydrogen) atoms. The number of esters is 1. The van der Waals surface area contributed by atoms with Crippen molar-refractivity contribution in [2.45, 2.75) is 33.2 Å². The van der Waals surface area contributed by atoms with E-state index in [2.05, 4.69) is 9.97 Å². The number of methoxy groups -OCH3 is 1. The third-order valence-corrected chi connectivity index (χ3v) is 6.55. The van der Waals surface area contributed by atoms with Crippen LogP contribution in [0.5, 0.6) is 5.75 Å². The van der Waals surface area contributed by atoms with Crippen LogP contribution in [0.4, 0.5) is 0 Å². The number of nitrogens with zero attached hydrogens (tertiary/aromatic N) is 4. The van der Waals surface area contributed by atoms with E-state index < -0.39 is 5.97 Å². The first kappa shape index (κ1) is 26.8. The summed E-state index contributed by atoms with van der Waals surface area (Å²) in [5.74, 6) is 0.0745. The average molecular weight is 517 g/mol. The molecule has 9 heteroatoms. The molecular formula is C29H32N4O5. The monoisotopic (exact) mass is 516 g/mol.